The second kappa shape index (κ2) is 8.05. The molecule has 2 aromatic carbocycles. The van der Waals surface area contributed by atoms with Crippen LogP contribution in [0.2, 0.25) is 5.02 Å². The van der Waals surface area contributed by atoms with Crippen LogP contribution in [0.15, 0.2) is 48.5 Å². The minimum Gasteiger partial charge on any atom is -1.00 e. The first kappa shape index (κ1) is 15.8. The van der Waals surface area contributed by atoms with E-state index in [9.17, 15) is 0 Å². The van der Waals surface area contributed by atoms with E-state index in [-0.39, 0.29) is 12.4 Å². The predicted molar refractivity (Wildman–Crippen MR) is 75.0 cm³/mol. The smallest absolute Gasteiger partial charge is 0.119 e. The lowest BCUT2D eigenvalue weighted by atomic mass is 10.2. The lowest BCUT2D eigenvalue weighted by molar-refractivity contribution is -0.00000397. The van der Waals surface area contributed by atoms with Crippen LogP contribution in [-0.2, 0) is 13.2 Å². The van der Waals surface area contributed by atoms with Crippen molar-refractivity contribution in [2.45, 2.75) is 13.2 Å². The van der Waals surface area contributed by atoms with Gasteiger partial charge < -0.3 is 22.5 Å². The summed E-state index contributed by atoms with van der Waals surface area (Å²) in [6, 6.07) is 15.8. The second-order valence-corrected chi connectivity index (χ2v) is 4.53. The van der Waals surface area contributed by atoms with E-state index in [1.54, 1.807) is 0 Å². The summed E-state index contributed by atoms with van der Waals surface area (Å²) in [6.45, 7) is 1.43. The van der Waals surface area contributed by atoms with Gasteiger partial charge in [0.1, 0.15) is 12.4 Å². The van der Waals surface area contributed by atoms with Crippen LogP contribution in [0.1, 0.15) is 11.1 Å². The third-order valence-corrected chi connectivity index (χ3v) is 2.87. The highest BCUT2D eigenvalue weighted by Gasteiger charge is 1.97. The standard InChI is InChI=1S/C15H16ClNO.ClH/c1-17-10-12-4-8-15(9-5-12)18-11-13-2-6-14(16)7-3-13;/h2-9,17H,10-11H2,1H3;1H/p-1. The predicted octanol–water partition coefficient (Wildman–Crippen LogP) is 0.642. The van der Waals surface area contributed by atoms with Gasteiger partial charge in [0.25, 0.3) is 0 Å². The van der Waals surface area contributed by atoms with E-state index < -0.39 is 0 Å². The molecule has 19 heavy (non-hydrogen) atoms. The maximum absolute atomic E-state index is 5.83. The summed E-state index contributed by atoms with van der Waals surface area (Å²) < 4.78 is 5.70. The van der Waals surface area contributed by atoms with Gasteiger partial charge in [-0.3, -0.25) is 0 Å². The molecular formula is C15H16Cl2NO-. The van der Waals surface area contributed by atoms with Gasteiger partial charge >= 0.3 is 0 Å². The van der Waals surface area contributed by atoms with Crippen LogP contribution in [-0.4, -0.2) is 7.05 Å². The number of ether oxygens (including phenoxy) is 1. The van der Waals surface area contributed by atoms with Crippen LogP contribution in [0, 0.1) is 0 Å². The molecule has 0 unspecified atom stereocenters. The summed E-state index contributed by atoms with van der Waals surface area (Å²) in [5, 5.41) is 3.86. The topological polar surface area (TPSA) is 21.3 Å². The van der Waals surface area contributed by atoms with Gasteiger partial charge in [-0.2, -0.15) is 0 Å². The molecule has 0 aliphatic heterocycles. The van der Waals surface area contributed by atoms with Crippen molar-refractivity contribution in [2.75, 3.05) is 7.05 Å². The van der Waals surface area contributed by atoms with Gasteiger partial charge in [0.15, 0.2) is 0 Å². The molecule has 0 aliphatic carbocycles. The summed E-state index contributed by atoms with van der Waals surface area (Å²) in [4.78, 5) is 0. The van der Waals surface area contributed by atoms with Crippen LogP contribution < -0.4 is 22.5 Å². The quantitative estimate of drug-likeness (QED) is 0.875. The highest BCUT2D eigenvalue weighted by Crippen LogP contribution is 2.15. The highest BCUT2D eigenvalue weighted by atomic mass is 35.5. The molecule has 0 amide bonds. The minimum atomic E-state index is 0. The average molecular weight is 297 g/mol. The molecule has 0 spiro atoms. The largest absolute Gasteiger partial charge is 1.00 e. The van der Waals surface area contributed by atoms with E-state index in [4.69, 9.17) is 16.3 Å². The van der Waals surface area contributed by atoms with E-state index in [2.05, 4.69) is 17.4 Å². The maximum Gasteiger partial charge on any atom is 0.119 e. The Balaban J connectivity index is 0.00000180. The van der Waals surface area contributed by atoms with Gasteiger partial charge in [-0.15, -0.1) is 0 Å². The Kier molecular flexibility index (Phi) is 6.71. The first-order valence-electron chi connectivity index (χ1n) is 5.89. The molecule has 0 bridgehead atoms. The Morgan fingerprint density at radius 2 is 1.53 bits per heavy atom. The summed E-state index contributed by atoms with van der Waals surface area (Å²) in [5.41, 5.74) is 2.36. The number of nitrogens with one attached hydrogen (secondary N) is 1. The zero-order chi connectivity index (χ0) is 12.8. The fraction of sp³-hybridized carbons (Fsp3) is 0.200. The van der Waals surface area contributed by atoms with E-state index >= 15 is 0 Å². The number of rotatable bonds is 5. The van der Waals surface area contributed by atoms with Gasteiger partial charge in [0.05, 0.1) is 0 Å². The number of halogens is 2. The average Bonchev–Trinajstić information content (AvgIpc) is 2.40. The van der Waals surface area contributed by atoms with Gasteiger partial charge in [-0.1, -0.05) is 35.9 Å². The Hall–Kier alpha value is -1.22. The molecule has 1 N–H and O–H groups in total. The first-order chi connectivity index (χ1) is 8.78. The Morgan fingerprint density at radius 1 is 0.947 bits per heavy atom. The molecule has 0 atom stereocenters. The summed E-state index contributed by atoms with van der Waals surface area (Å²) >= 11 is 5.83. The van der Waals surface area contributed by atoms with E-state index in [1.165, 1.54) is 5.56 Å². The molecule has 0 fully saturated rings. The van der Waals surface area contributed by atoms with Crippen molar-refractivity contribution < 1.29 is 17.1 Å². The molecule has 102 valence electrons. The zero-order valence-corrected chi connectivity index (χ0v) is 12.2. The van der Waals surface area contributed by atoms with Crippen molar-refractivity contribution in [3.63, 3.8) is 0 Å². The number of benzene rings is 2. The third kappa shape index (κ3) is 5.11. The lowest BCUT2D eigenvalue weighted by Crippen LogP contribution is -3.00. The molecule has 4 heteroatoms. The first-order valence-corrected chi connectivity index (χ1v) is 6.26. The molecule has 2 rings (SSSR count). The number of hydrogen-bond donors (Lipinski definition) is 1. The Labute approximate surface area is 125 Å². The summed E-state index contributed by atoms with van der Waals surface area (Å²) in [6.07, 6.45) is 0. The van der Waals surface area contributed by atoms with Crippen molar-refractivity contribution in [3.8, 4) is 5.75 Å². The van der Waals surface area contributed by atoms with E-state index in [1.807, 2.05) is 43.4 Å². The van der Waals surface area contributed by atoms with Crippen molar-refractivity contribution >= 4 is 11.6 Å². The molecule has 0 saturated carbocycles. The zero-order valence-electron chi connectivity index (χ0n) is 10.7. The Morgan fingerprint density at radius 3 is 2.11 bits per heavy atom. The van der Waals surface area contributed by atoms with Gasteiger partial charge in [-0.25, -0.2) is 0 Å². The normalized spacial score (nSPS) is 9.79. The van der Waals surface area contributed by atoms with Crippen molar-refractivity contribution in [1.82, 2.24) is 5.32 Å². The lowest BCUT2D eigenvalue weighted by Gasteiger charge is -2.07. The van der Waals surface area contributed by atoms with Crippen LogP contribution >= 0.6 is 11.6 Å². The van der Waals surface area contributed by atoms with Crippen molar-refractivity contribution in [3.05, 3.63) is 64.7 Å². The van der Waals surface area contributed by atoms with Crippen LogP contribution in [0.5, 0.6) is 5.75 Å². The monoisotopic (exact) mass is 296 g/mol. The summed E-state index contributed by atoms with van der Waals surface area (Å²) in [7, 11) is 1.94. The molecule has 0 radical (unpaired) electrons. The van der Waals surface area contributed by atoms with Gasteiger partial charge in [-0.05, 0) is 42.4 Å². The molecule has 0 aromatic heterocycles. The molecule has 0 heterocycles. The maximum atomic E-state index is 5.83. The van der Waals surface area contributed by atoms with Gasteiger partial charge in [0, 0.05) is 11.6 Å². The minimum absolute atomic E-state index is 0. The van der Waals surface area contributed by atoms with Gasteiger partial charge in [0.2, 0.25) is 0 Å². The fourth-order valence-electron chi connectivity index (χ4n) is 1.65. The summed E-state index contributed by atoms with van der Waals surface area (Å²) in [5.74, 6) is 0.879. The van der Waals surface area contributed by atoms with E-state index in [0.717, 1.165) is 22.9 Å². The molecule has 2 aromatic rings. The Bertz CT molecular complexity index is 483. The van der Waals surface area contributed by atoms with Crippen LogP contribution in [0.25, 0.3) is 0 Å². The molecule has 0 aliphatic rings. The van der Waals surface area contributed by atoms with Crippen LogP contribution in [0.4, 0.5) is 0 Å². The number of hydrogen-bond acceptors (Lipinski definition) is 2. The molecule has 0 saturated heterocycles. The van der Waals surface area contributed by atoms with E-state index in [0.29, 0.717) is 6.61 Å². The fourth-order valence-corrected chi connectivity index (χ4v) is 1.78. The molecule has 2 nitrogen and oxygen atoms in total. The van der Waals surface area contributed by atoms with Crippen molar-refractivity contribution in [2.24, 2.45) is 0 Å². The highest BCUT2D eigenvalue weighted by molar-refractivity contribution is 6.30. The molecular weight excluding hydrogens is 281 g/mol. The van der Waals surface area contributed by atoms with Crippen LogP contribution in [0.3, 0.4) is 0 Å². The second-order valence-electron chi connectivity index (χ2n) is 4.09. The third-order valence-electron chi connectivity index (χ3n) is 2.62. The van der Waals surface area contributed by atoms with Crippen molar-refractivity contribution in [1.29, 1.82) is 0 Å². The SMILES string of the molecule is CNCc1ccc(OCc2ccc(Cl)cc2)cc1.[Cl-].